The molecule has 2 aromatic rings. The van der Waals surface area contributed by atoms with Crippen LogP contribution in [0.3, 0.4) is 0 Å². The highest BCUT2D eigenvalue weighted by Gasteiger charge is 2.35. The minimum absolute atomic E-state index is 0.0135. The number of rotatable bonds is 7. The van der Waals surface area contributed by atoms with E-state index in [-0.39, 0.29) is 23.5 Å². The smallest absolute Gasteiger partial charge is 0.410 e. The molecule has 0 saturated carbocycles. The molecule has 2 amide bonds. The van der Waals surface area contributed by atoms with Gasteiger partial charge >= 0.3 is 6.09 Å². The molecular weight excluding hydrogens is 485 g/mol. The van der Waals surface area contributed by atoms with E-state index < -0.39 is 11.9 Å². The summed E-state index contributed by atoms with van der Waals surface area (Å²) in [7, 11) is 1.60. The predicted octanol–water partition coefficient (Wildman–Crippen LogP) is 4.39. The van der Waals surface area contributed by atoms with Gasteiger partial charge in [-0.15, -0.1) is 0 Å². The lowest BCUT2D eigenvalue weighted by Gasteiger charge is -2.27. The van der Waals surface area contributed by atoms with Gasteiger partial charge in [-0.3, -0.25) is 14.6 Å². The van der Waals surface area contributed by atoms with Gasteiger partial charge in [0.15, 0.2) is 0 Å². The van der Waals surface area contributed by atoms with Crippen LogP contribution in [-0.2, 0) is 9.53 Å². The first-order valence-electron chi connectivity index (χ1n) is 12.1. The molecule has 0 aliphatic carbocycles. The van der Waals surface area contributed by atoms with Crippen LogP contribution in [0.1, 0.15) is 17.9 Å². The van der Waals surface area contributed by atoms with Crippen molar-refractivity contribution in [3.63, 3.8) is 0 Å². The largest absolute Gasteiger partial charge is 0.418 e. The number of nitrogens with zero attached hydrogens (tertiary/aromatic N) is 3. The second-order valence-electron chi connectivity index (χ2n) is 9.10. The van der Waals surface area contributed by atoms with E-state index in [9.17, 15) is 14.0 Å². The van der Waals surface area contributed by atoms with Gasteiger partial charge in [0.1, 0.15) is 11.6 Å². The third kappa shape index (κ3) is 7.06. The highest BCUT2D eigenvalue weighted by Crippen LogP contribution is 2.34. The topological polar surface area (TPSA) is 62.3 Å². The zero-order chi connectivity index (χ0) is 25.5. The number of hydrogen-bond donors (Lipinski definition) is 0. The molecule has 9 heteroatoms. The van der Waals surface area contributed by atoms with Crippen molar-refractivity contribution in [2.75, 3.05) is 53.0 Å². The average molecular weight is 516 g/mol. The molecule has 2 fully saturated rings. The van der Waals surface area contributed by atoms with Gasteiger partial charge in [0, 0.05) is 69.3 Å². The van der Waals surface area contributed by atoms with Crippen molar-refractivity contribution >= 4 is 23.6 Å². The highest BCUT2D eigenvalue weighted by atomic mass is 35.5. The van der Waals surface area contributed by atoms with Gasteiger partial charge in [0.25, 0.3) is 0 Å². The van der Waals surface area contributed by atoms with E-state index in [1.807, 2.05) is 35.2 Å². The fourth-order valence-corrected chi connectivity index (χ4v) is 4.63. The van der Waals surface area contributed by atoms with Gasteiger partial charge < -0.3 is 14.4 Å². The molecule has 2 saturated heterocycles. The quantitative estimate of drug-likeness (QED) is 0.547. The average Bonchev–Trinajstić information content (AvgIpc) is 3.32. The van der Waals surface area contributed by atoms with E-state index in [4.69, 9.17) is 21.1 Å². The number of likely N-dealkylation sites (tertiary alicyclic amines) is 1. The lowest BCUT2D eigenvalue weighted by atomic mass is 9.89. The van der Waals surface area contributed by atoms with Gasteiger partial charge in [-0.05, 0) is 42.0 Å². The standard InChI is InChI=1S/C27H31ClFN3O4/c1-30(27(34)36-24-8-6-23(29)7-9-24)12-10-21-18-32(19-25(21)20-2-4-22(28)5-3-20)26(33)11-13-31-14-16-35-17-15-31/h2-10,12,21,25H,11,13-19H2,1H3/b12-10+/t21?,25-/m0/s1. The molecule has 1 unspecified atom stereocenters. The minimum Gasteiger partial charge on any atom is -0.410 e. The van der Waals surface area contributed by atoms with Crippen LogP contribution in [-0.4, -0.2) is 79.7 Å². The van der Waals surface area contributed by atoms with E-state index in [0.717, 1.165) is 25.2 Å². The molecule has 2 aliphatic heterocycles. The first-order valence-corrected chi connectivity index (χ1v) is 12.5. The Labute approximate surface area is 216 Å². The Kier molecular flexibility index (Phi) is 8.96. The molecule has 2 heterocycles. The summed E-state index contributed by atoms with van der Waals surface area (Å²) in [5, 5.41) is 0.658. The summed E-state index contributed by atoms with van der Waals surface area (Å²) in [5.41, 5.74) is 1.09. The predicted molar refractivity (Wildman–Crippen MR) is 135 cm³/mol. The van der Waals surface area contributed by atoms with Crippen LogP contribution < -0.4 is 4.74 Å². The van der Waals surface area contributed by atoms with Crippen molar-refractivity contribution in [3.8, 4) is 5.75 Å². The van der Waals surface area contributed by atoms with Gasteiger partial charge in [-0.1, -0.05) is 29.8 Å². The van der Waals surface area contributed by atoms with E-state index in [1.165, 1.54) is 29.2 Å². The molecule has 4 rings (SSSR count). The van der Waals surface area contributed by atoms with Gasteiger partial charge in [-0.2, -0.15) is 0 Å². The minimum atomic E-state index is -0.586. The maximum absolute atomic E-state index is 13.1. The van der Waals surface area contributed by atoms with Crippen molar-refractivity contribution < 1.29 is 23.5 Å². The molecule has 2 atom stereocenters. The molecule has 0 radical (unpaired) electrons. The summed E-state index contributed by atoms with van der Waals surface area (Å²) in [4.78, 5) is 31.0. The number of carbonyl (C=O) groups is 2. The summed E-state index contributed by atoms with van der Waals surface area (Å²) in [6, 6.07) is 13.0. The number of carbonyl (C=O) groups excluding carboxylic acids is 2. The summed E-state index contributed by atoms with van der Waals surface area (Å²) < 4.78 is 23.8. The number of amides is 2. The Morgan fingerprint density at radius 2 is 1.81 bits per heavy atom. The van der Waals surface area contributed by atoms with Crippen molar-refractivity contribution in [1.29, 1.82) is 0 Å². The zero-order valence-corrected chi connectivity index (χ0v) is 21.1. The second-order valence-corrected chi connectivity index (χ2v) is 9.54. The van der Waals surface area contributed by atoms with Gasteiger partial charge in [0.05, 0.1) is 13.2 Å². The fraction of sp³-hybridized carbons (Fsp3) is 0.407. The SMILES string of the molecule is CN(/C=C/C1CN(C(=O)CCN2CCOCC2)C[C@H]1c1ccc(Cl)cc1)C(=O)Oc1ccc(F)cc1. The summed E-state index contributed by atoms with van der Waals surface area (Å²) in [6.45, 7) is 5.01. The van der Waals surface area contributed by atoms with E-state index >= 15 is 0 Å². The third-order valence-electron chi connectivity index (χ3n) is 6.63. The van der Waals surface area contributed by atoms with Crippen LogP contribution in [0.4, 0.5) is 9.18 Å². The van der Waals surface area contributed by atoms with Crippen LogP contribution in [0.15, 0.2) is 60.8 Å². The van der Waals surface area contributed by atoms with Gasteiger partial charge in [0.2, 0.25) is 5.91 Å². The maximum atomic E-state index is 13.1. The number of ether oxygens (including phenoxy) is 2. The molecule has 0 bridgehead atoms. The molecule has 0 spiro atoms. The third-order valence-corrected chi connectivity index (χ3v) is 6.88. The van der Waals surface area contributed by atoms with Crippen LogP contribution in [0.2, 0.25) is 5.02 Å². The number of hydrogen-bond acceptors (Lipinski definition) is 5. The lowest BCUT2D eigenvalue weighted by molar-refractivity contribution is -0.130. The van der Waals surface area contributed by atoms with E-state index in [2.05, 4.69) is 4.90 Å². The molecular formula is C27H31ClFN3O4. The summed E-state index contributed by atoms with van der Waals surface area (Å²) >= 11 is 6.09. The van der Waals surface area contributed by atoms with Crippen LogP contribution in [0.5, 0.6) is 5.75 Å². The lowest BCUT2D eigenvalue weighted by Crippen LogP contribution is -2.39. The van der Waals surface area contributed by atoms with Crippen LogP contribution in [0.25, 0.3) is 0 Å². The van der Waals surface area contributed by atoms with Crippen molar-refractivity contribution in [1.82, 2.24) is 14.7 Å². The maximum Gasteiger partial charge on any atom is 0.418 e. The molecule has 7 nitrogen and oxygen atoms in total. The Morgan fingerprint density at radius 1 is 1.11 bits per heavy atom. The second kappa shape index (κ2) is 12.3. The first kappa shape index (κ1) is 26.1. The van der Waals surface area contributed by atoms with Crippen molar-refractivity contribution in [2.45, 2.75) is 12.3 Å². The molecule has 0 aromatic heterocycles. The number of morpholine rings is 1. The molecule has 36 heavy (non-hydrogen) atoms. The highest BCUT2D eigenvalue weighted by molar-refractivity contribution is 6.30. The molecule has 192 valence electrons. The van der Waals surface area contributed by atoms with Crippen molar-refractivity contribution in [3.05, 3.63) is 77.2 Å². The normalized spacial score (nSPS) is 20.6. The first-order chi connectivity index (χ1) is 17.4. The molecule has 2 aliphatic rings. The zero-order valence-electron chi connectivity index (χ0n) is 20.3. The molecule has 2 aromatic carbocycles. The van der Waals surface area contributed by atoms with Gasteiger partial charge in [-0.25, -0.2) is 9.18 Å². The summed E-state index contributed by atoms with van der Waals surface area (Å²) in [5.74, 6) is 0.0764. The Morgan fingerprint density at radius 3 is 2.50 bits per heavy atom. The Balaban J connectivity index is 1.40. The number of halogens is 2. The Bertz CT molecular complexity index is 1060. The Hall–Kier alpha value is -2.94. The van der Waals surface area contributed by atoms with Crippen molar-refractivity contribution in [2.24, 2.45) is 5.92 Å². The monoisotopic (exact) mass is 515 g/mol. The molecule has 0 N–H and O–H groups in total. The van der Waals surface area contributed by atoms with Crippen LogP contribution in [0, 0.1) is 11.7 Å². The van der Waals surface area contributed by atoms with E-state index in [1.54, 1.807) is 13.2 Å². The number of benzene rings is 2. The van der Waals surface area contributed by atoms with Crippen LogP contribution >= 0.6 is 11.6 Å². The summed E-state index contributed by atoms with van der Waals surface area (Å²) in [6.07, 6.45) is 3.49. The fourth-order valence-electron chi connectivity index (χ4n) is 4.50. The van der Waals surface area contributed by atoms with E-state index in [0.29, 0.717) is 37.7 Å².